The Hall–Kier alpha value is -0.340. The van der Waals surface area contributed by atoms with Crippen LogP contribution in [0.4, 0.5) is 0 Å². The van der Waals surface area contributed by atoms with E-state index in [0.29, 0.717) is 5.92 Å². The Kier molecular flexibility index (Phi) is 4.21. The molecule has 1 unspecified atom stereocenters. The Morgan fingerprint density at radius 3 is 2.87 bits per heavy atom. The molecule has 84 valence electrons. The summed E-state index contributed by atoms with van der Waals surface area (Å²) < 4.78 is 0. The Labute approximate surface area is 96.9 Å². The van der Waals surface area contributed by atoms with Gasteiger partial charge in [0.1, 0.15) is 0 Å². The first-order valence-electron chi connectivity index (χ1n) is 6.13. The fraction of sp³-hybridized carbons (Fsp3) is 0.692. The number of nitrogens with one attached hydrogen (secondary N) is 1. The second kappa shape index (κ2) is 5.66. The van der Waals surface area contributed by atoms with Gasteiger partial charge in [-0.1, -0.05) is 32.3 Å². The topological polar surface area (TPSA) is 12.0 Å². The molecule has 2 rings (SSSR count). The lowest BCUT2D eigenvalue weighted by Crippen LogP contribution is -2.33. The molecule has 0 saturated heterocycles. The molecule has 1 aliphatic carbocycles. The molecule has 1 aromatic rings. The molecule has 0 amide bonds. The molecule has 2 heteroatoms. The second-order valence-electron chi connectivity index (χ2n) is 4.66. The summed E-state index contributed by atoms with van der Waals surface area (Å²) in [5, 5.41) is 5.89. The van der Waals surface area contributed by atoms with Crippen LogP contribution in [0.2, 0.25) is 0 Å². The maximum Gasteiger partial charge on any atom is 0.00860 e. The van der Waals surface area contributed by atoms with Crippen LogP contribution in [-0.2, 0) is 0 Å². The fourth-order valence-corrected chi connectivity index (χ4v) is 3.11. The fourth-order valence-electron chi connectivity index (χ4n) is 2.32. The number of rotatable bonds is 4. The minimum atomic E-state index is 0.673. The lowest BCUT2D eigenvalue weighted by Gasteiger charge is -2.24. The number of hydrogen-bond donors (Lipinski definition) is 1. The Morgan fingerprint density at radius 2 is 2.20 bits per heavy atom. The van der Waals surface area contributed by atoms with Crippen molar-refractivity contribution in [2.45, 2.75) is 51.0 Å². The summed E-state index contributed by atoms with van der Waals surface area (Å²) in [6.07, 6.45) is 7.06. The van der Waals surface area contributed by atoms with Gasteiger partial charge in [0, 0.05) is 23.4 Å². The molecule has 1 atom stereocenters. The van der Waals surface area contributed by atoms with Gasteiger partial charge < -0.3 is 5.32 Å². The van der Waals surface area contributed by atoms with Crippen LogP contribution in [0.5, 0.6) is 0 Å². The summed E-state index contributed by atoms with van der Waals surface area (Å²) in [6.45, 7) is 3.47. The molecule has 1 nitrogen and oxygen atoms in total. The predicted octanol–water partition coefficient (Wildman–Crippen LogP) is 3.77. The summed E-state index contributed by atoms with van der Waals surface area (Å²) >= 11 is 1.88. The first kappa shape index (κ1) is 11.2. The first-order valence-corrected chi connectivity index (χ1v) is 7.01. The molecule has 1 aliphatic rings. The third-order valence-electron chi connectivity index (χ3n) is 3.35. The molecule has 0 aliphatic heterocycles. The maximum absolute atomic E-state index is 3.72. The minimum absolute atomic E-state index is 0.673. The number of thiophene rings is 1. The second-order valence-corrected chi connectivity index (χ2v) is 5.64. The third-order valence-corrected chi connectivity index (χ3v) is 4.45. The van der Waals surface area contributed by atoms with Crippen molar-refractivity contribution in [2.24, 2.45) is 0 Å². The third kappa shape index (κ3) is 3.32. The van der Waals surface area contributed by atoms with Gasteiger partial charge in [-0.25, -0.2) is 0 Å². The highest BCUT2D eigenvalue weighted by atomic mass is 32.1. The van der Waals surface area contributed by atoms with E-state index in [1.54, 1.807) is 0 Å². The van der Waals surface area contributed by atoms with Crippen LogP contribution in [0.1, 0.15) is 49.8 Å². The molecule has 1 heterocycles. The van der Waals surface area contributed by atoms with Crippen LogP contribution in [0.25, 0.3) is 0 Å². The van der Waals surface area contributed by atoms with E-state index in [1.807, 2.05) is 11.3 Å². The molecule has 0 aromatic carbocycles. The zero-order valence-electron chi connectivity index (χ0n) is 9.54. The van der Waals surface area contributed by atoms with Gasteiger partial charge in [0.25, 0.3) is 0 Å². The van der Waals surface area contributed by atoms with Gasteiger partial charge >= 0.3 is 0 Å². The molecule has 1 fully saturated rings. The van der Waals surface area contributed by atoms with Crippen molar-refractivity contribution in [3.05, 3.63) is 22.4 Å². The average molecular weight is 223 g/mol. The normalized spacial score (nSPS) is 20.3. The van der Waals surface area contributed by atoms with Gasteiger partial charge in [-0.2, -0.15) is 0 Å². The van der Waals surface area contributed by atoms with E-state index < -0.39 is 0 Å². The van der Waals surface area contributed by atoms with E-state index in [-0.39, 0.29) is 0 Å². The van der Waals surface area contributed by atoms with Crippen molar-refractivity contribution >= 4 is 11.3 Å². The molecule has 0 radical (unpaired) electrons. The van der Waals surface area contributed by atoms with Gasteiger partial charge in [0.2, 0.25) is 0 Å². The van der Waals surface area contributed by atoms with Crippen molar-refractivity contribution in [1.29, 1.82) is 0 Å². The predicted molar refractivity (Wildman–Crippen MR) is 67.6 cm³/mol. The van der Waals surface area contributed by atoms with Crippen LogP contribution in [0.15, 0.2) is 17.5 Å². The lowest BCUT2D eigenvalue weighted by atomic mass is 9.95. The Bertz CT molecular complexity index is 262. The van der Waals surface area contributed by atoms with Crippen LogP contribution in [-0.4, -0.2) is 12.6 Å². The SMILES string of the molecule is CC(CNC1CCCCC1)c1cccs1. The number of hydrogen-bond acceptors (Lipinski definition) is 2. The molecule has 1 saturated carbocycles. The Morgan fingerprint density at radius 1 is 1.40 bits per heavy atom. The molecular formula is C13H21NS. The van der Waals surface area contributed by atoms with E-state index in [9.17, 15) is 0 Å². The summed E-state index contributed by atoms with van der Waals surface area (Å²) in [7, 11) is 0. The van der Waals surface area contributed by atoms with Gasteiger partial charge in [0.15, 0.2) is 0 Å². The zero-order valence-corrected chi connectivity index (χ0v) is 10.4. The first-order chi connectivity index (χ1) is 7.36. The smallest absolute Gasteiger partial charge is 0.00860 e. The van der Waals surface area contributed by atoms with Crippen LogP contribution in [0.3, 0.4) is 0 Å². The quantitative estimate of drug-likeness (QED) is 0.819. The van der Waals surface area contributed by atoms with Gasteiger partial charge in [-0.15, -0.1) is 11.3 Å². The van der Waals surface area contributed by atoms with Crippen LogP contribution >= 0.6 is 11.3 Å². The minimum Gasteiger partial charge on any atom is -0.313 e. The monoisotopic (exact) mass is 223 g/mol. The summed E-state index contributed by atoms with van der Waals surface area (Å²) in [5.74, 6) is 0.673. The molecular weight excluding hydrogens is 202 g/mol. The van der Waals surface area contributed by atoms with E-state index in [0.717, 1.165) is 12.6 Å². The summed E-state index contributed by atoms with van der Waals surface area (Å²) in [5.41, 5.74) is 0. The van der Waals surface area contributed by atoms with Crippen molar-refractivity contribution in [2.75, 3.05) is 6.54 Å². The van der Waals surface area contributed by atoms with E-state index in [1.165, 1.54) is 37.0 Å². The van der Waals surface area contributed by atoms with Crippen LogP contribution in [0, 0.1) is 0 Å². The highest BCUT2D eigenvalue weighted by molar-refractivity contribution is 7.10. The molecule has 1 aromatic heterocycles. The molecule has 1 N–H and O–H groups in total. The molecule has 15 heavy (non-hydrogen) atoms. The van der Waals surface area contributed by atoms with Gasteiger partial charge in [-0.3, -0.25) is 0 Å². The van der Waals surface area contributed by atoms with E-state index >= 15 is 0 Å². The highest BCUT2D eigenvalue weighted by Gasteiger charge is 2.14. The summed E-state index contributed by atoms with van der Waals surface area (Å²) in [6, 6.07) is 5.19. The van der Waals surface area contributed by atoms with Gasteiger partial charge in [-0.05, 0) is 24.3 Å². The van der Waals surface area contributed by atoms with Crippen molar-refractivity contribution in [3.63, 3.8) is 0 Å². The van der Waals surface area contributed by atoms with Crippen LogP contribution < -0.4 is 5.32 Å². The lowest BCUT2D eigenvalue weighted by molar-refractivity contribution is 0.368. The Balaban J connectivity index is 1.73. The van der Waals surface area contributed by atoms with Crippen molar-refractivity contribution < 1.29 is 0 Å². The largest absolute Gasteiger partial charge is 0.313 e. The van der Waals surface area contributed by atoms with Gasteiger partial charge in [0.05, 0.1) is 0 Å². The van der Waals surface area contributed by atoms with Crippen molar-refractivity contribution in [1.82, 2.24) is 5.32 Å². The van der Waals surface area contributed by atoms with E-state index in [2.05, 4.69) is 29.8 Å². The highest BCUT2D eigenvalue weighted by Crippen LogP contribution is 2.22. The van der Waals surface area contributed by atoms with Crippen molar-refractivity contribution in [3.8, 4) is 0 Å². The zero-order chi connectivity index (χ0) is 10.5. The molecule has 0 spiro atoms. The summed E-state index contributed by atoms with van der Waals surface area (Å²) in [4.78, 5) is 1.51. The molecule has 0 bridgehead atoms. The maximum atomic E-state index is 3.72. The van der Waals surface area contributed by atoms with E-state index in [4.69, 9.17) is 0 Å². The average Bonchev–Trinajstić information content (AvgIpc) is 2.81. The standard InChI is InChI=1S/C13H21NS/c1-11(13-8-5-9-15-13)10-14-12-6-3-2-4-7-12/h5,8-9,11-12,14H,2-4,6-7,10H2,1H3.